The van der Waals surface area contributed by atoms with Crippen LogP contribution in [0.5, 0.6) is 0 Å². The van der Waals surface area contributed by atoms with Gasteiger partial charge in [-0.1, -0.05) is 49.7 Å². The van der Waals surface area contributed by atoms with Gasteiger partial charge in [0.1, 0.15) is 5.01 Å². The van der Waals surface area contributed by atoms with Gasteiger partial charge in [-0.25, -0.2) is 4.98 Å². The number of hydrogen-bond acceptors (Lipinski definition) is 3. The lowest BCUT2D eigenvalue weighted by Gasteiger charge is -2.17. The minimum absolute atomic E-state index is 0.0722. The topological polar surface area (TPSA) is 24.9 Å². The Hall–Kier alpha value is -0.710. The third-order valence-electron chi connectivity index (χ3n) is 3.36. The van der Waals surface area contributed by atoms with Crippen molar-refractivity contribution in [3.63, 3.8) is 0 Å². The molecule has 4 heteroatoms. The number of thiazole rings is 1. The van der Waals surface area contributed by atoms with Crippen LogP contribution in [0.2, 0.25) is 0 Å². The van der Waals surface area contributed by atoms with Gasteiger partial charge >= 0.3 is 0 Å². The Bertz CT molecular complexity index is 626. The van der Waals surface area contributed by atoms with E-state index in [9.17, 15) is 0 Å². The maximum absolute atomic E-state index is 4.96. The molecule has 0 atom stereocenters. The predicted octanol–water partition coefficient (Wildman–Crippen LogP) is 5.29. The highest BCUT2D eigenvalue weighted by atomic mass is 79.9. The molecule has 0 aliphatic carbocycles. The third-order valence-corrected chi connectivity index (χ3v) is 4.94. The first-order chi connectivity index (χ1) is 9.82. The van der Waals surface area contributed by atoms with E-state index in [1.54, 1.807) is 0 Å². The number of rotatable bonds is 4. The molecule has 1 N–H and O–H groups in total. The Labute approximate surface area is 140 Å². The molecular formula is C17H23BrN2S. The lowest BCUT2D eigenvalue weighted by atomic mass is 9.91. The lowest BCUT2D eigenvalue weighted by molar-refractivity contribution is 0.561. The number of aryl methyl sites for hydroxylation is 1. The van der Waals surface area contributed by atoms with Gasteiger partial charge in [-0.05, 0) is 31.2 Å². The van der Waals surface area contributed by atoms with Gasteiger partial charge in [0.05, 0.1) is 5.69 Å². The zero-order chi connectivity index (χ0) is 15.6. The molecule has 1 aromatic heterocycles. The van der Waals surface area contributed by atoms with E-state index < -0.39 is 0 Å². The molecule has 0 spiro atoms. The number of aromatic nitrogens is 1. The average Bonchev–Trinajstić information content (AvgIpc) is 2.80. The second kappa shape index (κ2) is 6.59. The summed E-state index contributed by atoms with van der Waals surface area (Å²) < 4.78 is 1.12. The Morgan fingerprint density at radius 2 is 2.00 bits per heavy atom. The highest BCUT2D eigenvalue weighted by Gasteiger charge is 2.23. The van der Waals surface area contributed by atoms with Crippen LogP contribution in [0.1, 0.15) is 43.8 Å². The van der Waals surface area contributed by atoms with Crippen LogP contribution >= 0.6 is 27.3 Å². The maximum Gasteiger partial charge on any atom is 0.124 e. The largest absolute Gasteiger partial charge is 0.312 e. The Morgan fingerprint density at radius 1 is 1.29 bits per heavy atom. The fourth-order valence-electron chi connectivity index (χ4n) is 2.28. The van der Waals surface area contributed by atoms with Crippen LogP contribution in [-0.2, 0) is 12.0 Å². The van der Waals surface area contributed by atoms with E-state index >= 15 is 0 Å². The van der Waals surface area contributed by atoms with Crippen molar-refractivity contribution >= 4 is 27.3 Å². The van der Waals surface area contributed by atoms with Crippen molar-refractivity contribution in [1.29, 1.82) is 0 Å². The predicted molar refractivity (Wildman–Crippen MR) is 96.1 cm³/mol. The van der Waals surface area contributed by atoms with Crippen molar-refractivity contribution < 1.29 is 0 Å². The number of benzene rings is 1. The van der Waals surface area contributed by atoms with Crippen LogP contribution in [-0.4, -0.2) is 11.5 Å². The van der Waals surface area contributed by atoms with E-state index in [0.29, 0.717) is 0 Å². The van der Waals surface area contributed by atoms with E-state index in [1.807, 2.05) is 11.3 Å². The van der Waals surface area contributed by atoms with Crippen molar-refractivity contribution in [2.75, 3.05) is 6.54 Å². The highest BCUT2D eigenvalue weighted by molar-refractivity contribution is 9.10. The first-order valence-corrected chi connectivity index (χ1v) is 8.91. The van der Waals surface area contributed by atoms with Crippen molar-refractivity contribution in [3.05, 3.63) is 38.8 Å². The van der Waals surface area contributed by atoms with Gasteiger partial charge in [-0.3, -0.25) is 0 Å². The molecule has 0 fully saturated rings. The Kier molecular flexibility index (Phi) is 5.23. The van der Waals surface area contributed by atoms with Gasteiger partial charge in [0.2, 0.25) is 0 Å². The van der Waals surface area contributed by atoms with Gasteiger partial charge in [0, 0.05) is 26.9 Å². The summed E-state index contributed by atoms with van der Waals surface area (Å²) in [7, 11) is 0. The zero-order valence-corrected chi connectivity index (χ0v) is 15.8. The molecule has 114 valence electrons. The standard InChI is InChI=1S/C17H23BrN2S/c1-6-19-10-14-15(17(3,4)5)20-16(21-14)13-8-7-12(18)9-11(13)2/h7-9,19H,6,10H2,1-5H3. The van der Waals surface area contributed by atoms with Crippen LogP contribution < -0.4 is 5.32 Å². The third kappa shape index (κ3) is 3.93. The first-order valence-electron chi connectivity index (χ1n) is 7.30. The van der Waals surface area contributed by atoms with Gasteiger partial charge in [-0.2, -0.15) is 0 Å². The molecule has 1 aromatic carbocycles. The monoisotopic (exact) mass is 366 g/mol. The number of halogens is 1. The van der Waals surface area contributed by atoms with E-state index in [1.165, 1.54) is 21.7 Å². The van der Waals surface area contributed by atoms with Crippen molar-refractivity contribution in [3.8, 4) is 10.6 Å². The summed E-state index contributed by atoms with van der Waals surface area (Å²) in [6, 6.07) is 6.39. The summed E-state index contributed by atoms with van der Waals surface area (Å²) in [5.74, 6) is 0. The molecule has 0 saturated heterocycles. The quantitative estimate of drug-likeness (QED) is 0.794. The second-order valence-electron chi connectivity index (χ2n) is 6.28. The molecular weight excluding hydrogens is 344 g/mol. The van der Waals surface area contributed by atoms with E-state index in [-0.39, 0.29) is 5.41 Å². The smallest absolute Gasteiger partial charge is 0.124 e. The molecule has 1 heterocycles. The van der Waals surface area contributed by atoms with E-state index in [2.05, 4.69) is 74.1 Å². The first kappa shape index (κ1) is 16.7. The van der Waals surface area contributed by atoms with Crippen molar-refractivity contribution in [1.82, 2.24) is 10.3 Å². The average molecular weight is 367 g/mol. The minimum atomic E-state index is 0.0722. The van der Waals surface area contributed by atoms with Crippen LogP contribution in [0, 0.1) is 6.92 Å². The SMILES string of the molecule is CCNCc1sc(-c2ccc(Br)cc2C)nc1C(C)(C)C. The molecule has 0 aliphatic heterocycles. The number of nitrogens with one attached hydrogen (secondary N) is 1. The van der Waals surface area contributed by atoms with Gasteiger partial charge < -0.3 is 5.32 Å². The van der Waals surface area contributed by atoms with Crippen LogP contribution in [0.25, 0.3) is 10.6 Å². The summed E-state index contributed by atoms with van der Waals surface area (Å²) in [6.07, 6.45) is 0. The van der Waals surface area contributed by atoms with Gasteiger partial charge in [0.15, 0.2) is 0 Å². The Balaban J connectivity index is 2.47. The molecule has 2 rings (SSSR count). The van der Waals surface area contributed by atoms with Crippen molar-refractivity contribution in [2.24, 2.45) is 0 Å². The molecule has 0 aliphatic rings. The summed E-state index contributed by atoms with van der Waals surface area (Å²) in [6.45, 7) is 12.9. The molecule has 2 nitrogen and oxygen atoms in total. The summed E-state index contributed by atoms with van der Waals surface area (Å²) >= 11 is 5.34. The lowest BCUT2D eigenvalue weighted by Crippen LogP contribution is -2.18. The Morgan fingerprint density at radius 3 is 2.57 bits per heavy atom. The molecule has 0 bridgehead atoms. The molecule has 0 amide bonds. The fraction of sp³-hybridized carbons (Fsp3) is 0.471. The van der Waals surface area contributed by atoms with Crippen molar-refractivity contribution in [2.45, 2.75) is 46.6 Å². The minimum Gasteiger partial charge on any atom is -0.312 e. The van der Waals surface area contributed by atoms with Crippen LogP contribution in [0.15, 0.2) is 22.7 Å². The van der Waals surface area contributed by atoms with Gasteiger partial charge in [-0.15, -0.1) is 11.3 Å². The summed E-state index contributed by atoms with van der Waals surface area (Å²) in [4.78, 5) is 6.31. The summed E-state index contributed by atoms with van der Waals surface area (Å²) in [5.41, 5.74) is 3.78. The van der Waals surface area contributed by atoms with Gasteiger partial charge in [0.25, 0.3) is 0 Å². The van der Waals surface area contributed by atoms with Crippen LogP contribution in [0.3, 0.4) is 0 Å². The molecule has 0 unspecified atom stereocenters. The van der Waals surface area contributed by atoms with Crippen LogP contribution in [0.4, 0.5) is 0 Å². The fourth-order valence-corrected chi connectivity index (χ4v) is 4.09. The normalized spacial score (nSPS) is 11.9. The molecule has 0 saturated carbocycles. The number of nitrogens with zero attached hydrogens (tertiary/aromatic N) is 1. The molecule has 21 heavy (non-hydrogen) atoms. The highest BCUT2D eigenvalue weighted by Crippen LogP contribution is 2.36. The molecule has 0 radical (unpaired) electrons. The van der Waals surface area contributed by atoms with E-state index in [4.69, 9.17) is 4.98 Å². The molecule has 2 aromatic rings. The second-order valence-corrected chi connectivity index (χ2v) is 8.28. The maximum atomic E-state index is 4.96. The zero-order valence-electron chi connectivity index (χ0n) is 13.4. The number of hydrogen-bond donors (Lipinski definition) is 1. The van der Waals surface area contributed by atoms with E-state index in [0.717, 1.165) is 22.6 Å². The summed E-state index contributed by atoms with van der Waals surface area (Å²) in [5, 5.41) is 4.55.